The number of hydrogen-bond donors (Lipinski definition) is 1. The van der Waals surface area contributed by atoms with E-state index in [2.05, 4.69) is 0 Å². The molecule has 4 nitrogen and oxygen atoms in total. The van der Waals surface area contributed by atoms with Gasteiger partial charge in [0.05, 0.1) is 6.54 Å². The van der Waals surface area contributed by atoms with Gasteiger partial charge in [-0.25, -0.2) is 4.39 Å². The van der Waals surface area contributed by atoms with Crippen molar-refractivity contribution in [3.05, 3.63) is 30.1 Å². The van der Waals surface area contributed by atoms with E-state index < -0.39 is 5.60 Å². The average molecular weight is 253 g/mol. The highest BCUT2D eigenvalue weighted by Gasteiger charge is 2.37. The number of β-amino-alcohol motifs (C(OH)–C–C–N with tert-alkyl or cyclic N) is 1. The summed E-state index contributed by atoms with van der Waals surface area (Å²) in [7, 11) is 0. The molecule has 0 aromatic heterocycles. The van der Waals surface area contributed by atoms with Crippen LogP contribution in [0, 0.1) is 5.82 Å². The van der Waals surface area contributed by atoms with Gasteiger partial charge in [-0.3, -0.25) is 4.79 Å². The summed E-state index contributed by atoms with van der Waals surface area (Å²) in [5, 5.41) is 10.2. The number of hydrogen-bond acceptors (Lipinski definition) is 3. The van der Waals surface area contributed by atoms with Gasteiger partial charge in [-0.15, -0.1) is 0 Å². The van der Waals surface area contributed by atoms with Gasteiger partial charge in [0.25, 0.3) is 0 Å². The molecule has 0 saturated carbocycles. The van der Waals surface area contributed by atoms with Gasteiger partial charge in [0.1, 0.15) is 23.8 Å². The lowest BCUT2D eigenvalue weighted by Crippen LogP contribution is -2.40. The van der Waals surface area contributed by atoms with Crippen LogP contribution in [0.15, 0.2) is 24.3 Å². The van der Waals surface area contributed by atoms with E-state index in [0.717, 1.165) is 0 Å². The molecule has 0 bridgehead atoms. The summed E-state index contributed by atoms with van der Waals surface area (Å²) in [4.78, 5) is 12.8. The number of aliphatic hydroxyl groups is 1. The zero-order valence-corrected chi connectivity index (χ0v) is 10.2. The predicted octanol–water partition coefficient (Wildman–Crippen LogP) is 1.19. The maximum absolute atomic E-state index is 12.9. The molecule has 1 heterocycles. The summed E-state index contributed by atoms with van der Waals surface area (Å²) in [6.07, 6.45) is 0.474. The molecule has 18 heavy (non-hydrogen) atoms. The third kappa shape index (κ3) is 2.98. The molecule has 1 aromatic carbocycles. The summed E-state index contributed by atoms with van der Waals surface area (Å²) in [6, 6.07) is 5.77. The molecule has 0 unspecified atom stereocenters. The van der Waals surface area contributed by atoms with E-state index >= 15 is 0 Å². The van der Waals surface area contributed by atoms with Gasteiger partial charge in [-0.2, -0.15) is 0 Å². The Balaban J connectivity index is 1.92. The first-order valence-corrected chi connectivity index (χ1v) is 5.85. The molecule has 0 aliphatic carbocycles. The maximum atomic E-state index is 12.9. The van der Waals surface area contributed by atoms with Crippen molar-refractivity contribution in [1.29, 1.82) is 0 Å². The van der Waals surface area contributed by atoms with Gasteiger partial charge in [0.2, 0.25) is 5.91 Å². The van der Waals surface area contributed by atoms with Crippen LogP contribution in [0.4, 0.5) is 4.39 Å². The number of halogens is 1. The Bertz CT molecular complexity index is 452. The van der Waals surface area contributed by atoms with E-state index in [-0.39, 0.29) is 24.9 Å². The summed E-state index contributed by atoms with van der Waals surface area (Å²) < 4.78 is 18.3. The molecule has 2 rings (SSSR count). The lowest BCUT2D eigenvalue weighted by atomic mass is 10.1. The monoisotopic (exact) mass is 253 g/mol. The Kier molecular flexibility index (Phi) is 3.52. The van der Waals surface area contributed by atoms with Crippen LogP contribution in [0.25, 0.3) is 0 Å². The van der Waals surface area contributed by atoms with Crippen molar-refractivity contribution < 1.29 is 19.0 Å². The Morgan fingerprint density at radius 3 is 3.00 bits per heavy atom. The van der Waals surface area contributed by atoms with Crippen molar-refractivity contribution >= 4 is 5.91 Å². The molecule has 1 fully saturated rings. The van der Waals surface area contributed by atoms with Crippen LogP contribution in [0.5, 0.6) is 5.75 Å². The number of nitrogens with zero attached hydrogens (tertiary/aromatic N) is 1. The molecule has 1 N–H and O–H groups in total. The highest BCUT2D eigenvalue weighted by molar-refractivity contribution is 5.73. The van der Waals surface area contributed by atoms with Crippen LogP contribution in [0.2, 0.25) is 0 Å². The van der Waals surface area contributed by atoms with Crippen molar-refractivity contribution in [2.24, 2.45) is 0 Å². The minimum absolute atomic E-state index is 0.0558. The van der Waals surface area contributed by atoms with E-state index in [9.17, 15) is 14.3 Å². The van der Waals surface area contributed by atoms with E-state index in [1.807, 2.05) is 0 Å². The first-order valence-electron chi connectivity index (χ1n) is 5.85. The fourth-order valence-corrected chi connectivity index (χ4v) is 2.02. The van der Waals surface area contributed by atoms with Crippen molar-refractivity contribution in [2.45, 2.75) is 18.9 Å². The Labute approximate surface area is 105 Å². The van der Waals surface area contributed by atoms with Crippen LogP contribution in [0.1, 0.15) is 13.3 Å². The van der Waals surface area contributed by atoms with Crippen LogP contribution >= 0.6 is 0 Å². The number of benzene rings is 1. The third-order valence-corrected chi connectivity index (χ3v) is 3.08. The van der Waals surface area contributed by atoms with Gasteiger partial charge in [0, 0.05) is 19.5 Å². The summed E-state index contributed by atoms with van der Waals surface area (Å²) in [5.41, 5.74) is -1.04. The fraction of sp³-hybridized carbons (Fsp3) is 0.462. The number of rotatable bonds is 3. The quantitative estimate of drug-likeness (QED) is 0.880. The first kappa shape index (κ1) is 12.8. The van der Waals surface area contributed by atoms with Crippen LogP contribution in [-0.4, -0.2) is 41.2 Å². The highest BCUT2D eigenvalue weighted by atomic mass is 19.1. The van der Waals surface area contributed by atoms with E-state index in [4.69, 9.17) is 4.74 Å². The Hall–Kier alpha value is -1.62. The van der Waals surface area contributed by atoms with E-state index in [1.54, 1.807) is 17.0 Å². The number of amides is 1. The van der Waals surface area contributed by atoms with Crippen molar-refractivity contribution in [3.63, 3.8) is 0 Å². The highest BCUT2D eigenvalue weighted by Crippen LogP contribution is 2.23. The SMILES string of the molecule is CC(=O)N1CC[C@@](O)(COc2cccc(F)c2)C1. The summed E-state index contributed by atoms with van der Waals surface area (Å²) in [5.74, 6) is -0.0577. The minimum atomic E-state index is -1.04. The van der Waals surface area contributed by atoms with Gasteiger partial charge < -0.3 is 14.7 Å². The van der Waals surface area contributed by atoms with Gasteiger partial charge in [-0.05, 0) is 18.6 Å². The normalized spacial score (nSPS) is 23.2. The second kappa shape index (κ2) is 4.94. The number of carbonyl (C=O) groups excluding carboxylic acids is 1. The molecule has 1 aliphatic rings. The van der Waals surface area contributed by atoms with Crippen molar-refractivity contribution in [1.82, 2.24) is 4.90 Å². The minimum Gasteiger partial charge on any atom is -0.490 e. The Morgan fingerprint density at radius 2 is 2.39 bits per heavy atom. The molecule has 1 saturated heterocycles. The third-order valence-electron chi connectivity index (χ3n) is 3.08. The summed E-state index contributed by atoms with van der Waals surface area (Å²) in [6.45, 7) is 2.31. The second-order valence-electron chi connectivity index (χ2n) is 4.66. The molecule has 1 aromatic rings. The molecular weight excluding hydrogens is 237 g/mol. The lowest BCUT2D eigenvalue weighted by Gasteiger charge is -2.23. The Morgan fingerprint density at radius 1 is 1.61 bits per heavy atom. The molecule has 1 atom stereocenters. The van der Waals surface area contributed by atoms with Gasteiger partial charge >= 0.3 is 0 Å². The topological polar surface area (TPSA) is 49.8 Å². The fourth-order valence-electron chi connectivity index (χ4n) is 2.02. The zero-order valence-electron chi connectivity index (χ0n) is 10.2. The van der Waals surface area contributed by atoms with Crippen molar-refractivity contribution in [2.75, 3.05) is 19.7 Å². The number of ether oxygens (including phenoxy) is 1. The van der Waals surface area contributed by atoms with Gasteiger partial charge in [0.15, 0.2) is 0 Å². The van der Waals surface area contributed by atoms with Gasteiger partial charge in [-0.1, -0.05) is 6.07 Å². The number of carbonyl (C=O) groups is 1. The molecule has 1 aliphatic heterocycles. The molecule has 0 spiro atoms. The largest absolute Gasteiger partial charge is 0.490 e. The van der Waals surface area contributed by atoms with Crippen molar-refractivity contribution in [3.8, 4) is 5.75 Å². The smallest absolute Gasteiger partial charge is 0.219 e. The maximum Gasteiger partial charge on any atom is 0.219 e. The first-order chi connectivity index (χ1) is 8.48. The second-order valence-corrected chi connectivity index (χ2v) is 4.66. The van der Waals surface area contributed by atoms with Crippen LogP contribution in [-0.2, 0) is 4.79 Å². The molecule has 98 valence electrons. The molecule has 0 radical (unpaired) electrons. The summed E-state index contributed by atoms with van der Waals surface area (Å²) >= 11 is 0. The standard InChI is InChI=1S/C13H16FNO3/c1-10(16)15-6-5-13(17,8-15)9-18-12-4-2-3-11(14)7-12/h2-4,7,17H,5-6,8-9H2,1H3/t13-/m0/s1. The average Bonchev–Trinajstić information content (AvgIpc) is 2.71. The van der Waals surface area contributed by atoms with Crippen LogP contribution < -0.4 is 4.74 Å². The van der Waals surface area contributed by atoms with E-state index in [0.29, 0.717) is 18.7 Å². The predicted molar refractivity (Wildman–Crippen MR) is 63.7 cm³/mol. The van der Waals surface area contributed by atoms with E-state index in [1.165, 1.54) is 19.1 Å². The molecule has 1 amide bonds. The lowest BCUT2D eigenvalue weighted by molar-refractivity contribution is -0.129. The zero-order chi connectivity index (χ0) is 13.2. The van der Waals surface area contributed by atoms with Crippen LogP contribution in [0.3, 0.4) is 0 Å². The molecular formula is C13H16FNO3. The molecule has 5 heteroatoms. The number of likely N-dealkylation sites (tertiary alicyclic amines) is 1.